The van der Waals surface area contributed by atoms with E-state index in [1.165, 1.54) is 38.5 Å². The van der Waals surface area contributed by atoms with E-state index in [0.717, 1.165) is 12.1 Å². The number of halogens is 1. The molecule has 1 aromatic heterocycles. The lowest BCUT2D eigenvalue weighted by Crippen LogP contribution is -2.20. The second kappa shape index (κ2) is 6.20. The SMILES string of the molecule is CCc1cc(Cl)nc(NC2CCCCCC2)n1. The number of rotatable bonds is 3. The second-order valence-corrected chi connectivity index (χ2v) is 5.08. The summed E-state index contributed by atoms with van der Waals surface area (Å²) in [7, 11) is 0. The van der Waals surface area contributed by atoms with Gasteiger partial charge in [0, 0.05) is 11.7 Å². The molecule has 0 aromatic carbocycles. The minimum atomic E-state index is 0.515. The molecular weight excluding hydrogens is 234 g/mol. The normalized spacial score (nSPS) is 17.8. The smallest absolute Gasteiger partial charge is 0.224 e. The molecule has 2 rings (SSSR count). The first-order valence-electron chi connectivity index (χ1n) is 6.58. The lowest BCUT2D eigenvalue weighted by Gasteiger charge is -2.16. The highest BCUT2D eigenvalue weighted by atomic mass is 35.5. The number of hydrogen-bond acceptors (Lipinski definition) is 3. The Morgan fingerprint density at radius 1 is 1.24 bits per heavy atom. The summed E-state index contributed by atoms with van der Waals surface area (Å²) in [6, 6.07) is 2.35. The van der Waals surface area contributed by atoms with Crippen LogP contribution in [0.15, 0.2) is 6.07 Å². The second-order valence-electron chi connectivity index (χ2n) is 4.69. The van der Waals surface area contributed by atoms with Crippen molar-refractivity contribution in [1.29, 1.82) is 0 Å². The lowest BCUT2D eigenvalue weighted by atomic mass is 10.1. The topological polar surface area (TPSA) is 37.8 Å². The van der Waals surface area contributed by atoms with Gasteiger partial charge in [0.05, 0.1) is 0 Å². The molecule has 0 atom stereocenters. The van der Waals surface area contributed by atoms with Crippen LogP contribution in [0.5, 0.6) is 0 Å². The third kappa shape index (κ3) is 3.84. The third-order valence-electron chi connectivity index (χ3n) is 3.30. The fourth-order valence-corrected chi connectivity index (χ4v) is 2.52. The highest BCUT2D eigenvalue weighted by Gasteiger charge is 2.13. The highest BCUT2D eigenvalue weighted by Crippen LogP contribution is 2.20. The van der Waals surface area contributed by atoms with Crippen molar-refractivity contribution in [2.75, 3.05) is 5.32 Å². The standard InChI is InChI=1S/C13H20ClN3/c1-2-10-9-12(14)17-13(15-10)16-11-7-5-3-4-6-8-11/h9,11H,2-8H2,1H3,(H,15,16,17). The lowest BCUT2D eigenvalue weighted by molar-refractivity contribution is 0.614. The molecule has 3 nitrogen and oxygen atoms in total. The van der Waals surface area contributed by atoms with Crippen LogP contribution in [0, 0.1) is 0 Å². The molecule has 1 fully saturated rings. The number of hydrogen-bond donors (Lipinski definition) is 1. The van der Waals surface area contributed by atoms with E-state index >= 15 is 0 Å². The van der Waals surface area contributed by atoms with Gasteiger partial charge in [0.25, 0.3) is 0 Å². The van der Waals surface area contributed by atoms with Gasteiger partial charge in [-0.25, -0.2) is 9.97 Å². The summed E-state index contributed by atoms with van der Waals surface area (Å²) in [6.45, 7) is 2.08. The first-order valence-corrected chi connectivity index (χ1v) is 6.95. The molecule has 0 unspecified atom stereocenters. The Morgan fingerprint density at radius 2 is 1.94 bits per heavy atom. The Balaban J connectivity index is 2.03. The van der Waals surface area contributed by atoms with Crippen LogP contribution in [0.25, 0.3) is 0 Å². The predicted octanol–water partition coefficient (Wildman–Crippen LogP) is 3.83. The molecule has 0 spiro atoms. The molecule has 0 aliphatic heterocycles. The molecular formula is C13H20ClN3. The maximum Gasteiger partial charge on any atom is 0.224 e. The average Bonchev–Trinajstić information content (AvgIpc) is 2.57. The summed E-state index contributed by atoms with van der Waals surface area (Å²) in [5.41, 5.74) is 1.00. The molecule has 17 heavy (non-hydrogen) atoms. The van der Waals surface area contributed by atoms with Gasteiger partial charge in [0.2, 0.25) is 5.95 Å². The molecule has 94 valence electrons. The molecule has 1 saturated carbocycles. The van der Waals surface area contributed by atoms with Crippen molar-refractivity contribution in [2.24, 2.45) is 0 Å². The Labute approximate surface area is 108 Å². The Bertz CT molecular complexity index is 360. The van der Waals surface area contributed by atoms with Gasteiger partial charge in [-0.15, -0.1) is 0 Å². The maximum absolute atomic E-state index is 5.99. The third-order valence-corrected chi connectivity index (χ3v) is 3.49. The van der Waals surface area contributed by atoms with Crippen LogP contribution in [0.1, 0.15) is 51.1 Å². The first kappa shape index (κ1) is 12.6. The Morgan fingerprint density at radius 3 is 2.59 bits per heavy atom. The maximum atomic E-state index is 5.99. The largest absolute Gasteiger partial charge is 0.351 e. The molecule has 0 saturated heterocycles. The van der Waals surface area contributed by atoms with Crippen molar-refractivity contribution in [3.63, 3.8) is 0 Å². The Kier molecular flexibility index (Phi) is 4.60. The van der Waals surface area contributed by atoms with Gasteiger partial charge in [-0.05, 0) is 25.3 Å². The van der Waals surface area contributed by atoms with Crippen LogP contribution in [-0.4, -0.2) is 16.0 Å². The van der Waals surface area contributed by atoms with Crippen molar-refractivity contribution in [2.45, 2.75) is 57.9 Å². The molecule has 0 bridgehead atoms. The predicted molar refractivity (Wildman–Crippen MR) is 71.5 cm³/mol. The van der Waals surface area contributed by atoms with Gasteiger partial charge in [0.1, 0.15) is 5.15 Å². The number of nitrogens with zero attached hydrogens (tertiary/aromatic N) is 2. The average molecular weight is 254 g/mol. The van der Waals surface area contributed by atoms with Gasteiger partial charge in [-0.3, -0.25) is 0 Å². The van der Waals surface area contributed by atoms with Gasteiger partial charge < -0.3 is 5.32 Å². The van der Waals surface area contributed by atoms with Gasteiger partial charge in [-0.1, -0.05) is 44.2 Å². The van der Waals surface area contributed by atoms with E-state index in [1.54, 1.807) is 0 Å². The zero-order chi connectivity index (χ0) is 12.1. The molecule has 4 heteroatoms. The van der Waals surface area contributed by atoms with E-state index in [9.17, 15) is 0 Å². The summed E-state index contributed by atoms with van der Waals surface area (Å²) in [6.07, 6.45) is 8.65. The van der Waals surface area contributed by atoms with Crippen LogP contribution in [0.4, 0.5) is 5.95 Å². The highest BCUT2D eigenvalue weighted by molar-refractivity contribution is 6.29. The van der Waals surface area contributed by atoms with Crippen LogP contribution < -0.4 is 5.32 Å². The van der Waals surface area contributed by atoms with Crippen molar-refractivity contribution in [3.05, 3.63) is 16.9 Å². The number of nitrogens with one attached hydrogen (secondary N) is 1. The molecule has 1 aliphatic carbocycles. The van der Waals surface area contributed by atoms with E-state index in [0.29, 0.717) is 17.1 Å². The van der Waals surface area contributed by atoms with Gasteiger partial charge >= 0.3 is 0 Å². The van der Waals surface area contributed by atoms with E-state index in [1.807, 2.05) is 6.07 Å². The fraction of sp³-hybridized carbons (Fsp3) is 0.692. The summed E-state index contributed by atoms with van der Waals surface area (Å²) < 4.78 is 0. The van der Waals surface area contributed by atoms with E-state index in [-0.39, 0.29) is 0 Å². The molecule has 1 aliphatic rings. The van der Waals surface area contributed by atoms with Gasteiger partial charge in [0.15, 0.2) is 0 Å². The van der Waals surface area contributed by atoms with Crippen molar-refractivity contribution in [1.82, 2.24) is 9.97 Å². The summed E-state index contributed by atoms with van der Waals surface area (Å²) in [4.78, 5) is 8.72. The molecule has 0 radical (unpaired) electrons. The van der Waals surface area contributed by atoms with Crippen LogP contribution in [-0.2, 0) is 6.42 Å². The number of anilines is 1. The molecule has 1 heterocycles. The fourth-order valence-electron chi connectivity index (χ4n) is 2.32. The Hall–Kier alpha value is -0.830. The van der Waals surface area contributed by atoms with Crippen molar-refractivity contribution < 1.29 is 0 Å². The number of aryl methyl sites for hydroxylation is 1. The summed E-state index contributed by atoms with van der Waals surface area (Å²) in [5, 5.41) is 3.96. The molecule has 0 amide bonds. The van der Waals surface area contributed by atoms with E-state index in [2.05, 4.69) is 22.2 Å². The minimum absolute atomic E-state index is 0.515. The quantitative estimate of drug-likeness (QED) is 0.657. The first-order chi connectivity index (χ1) is 8.28. The van der Waals surface area contributed by atoms with E-state index in [4.69, 9.17) is 11.6 Å². The van der Waals surface area contributed by atoms with Crippen LogP contribution in [0.2, 0.25) is 5.15 Å². The number of aromatic nitrogens is 2. The zero-order valence-corrected chi connectivity index (χ0v) is 11.1. The zero-order valence-electron chi connectivity index (χ0n) is 10.4. The van der Waals surface area contributed by atoms with Crippen molar-refractivity contribution >= 4 is 17.5 Å². The van der Waals surface area contributed by atoms with Crippen molar-refractivity contribution in [3.8, 4) is 0 Å². The van der Waals surface area contributed by atoms with Crippen LogP contribution >= 0.6 is 11.6 Å². The monoisotopic (exact) mass is 253 g/mol. The summed E-state index contributed by atoms with van der Waals surface area (Å²) in [5.74, 6) is 0.696. The van der Waals surface area contributed by atoms with E-state index < -0.39 is 0 Å². The van der Waals surface area contributed by atoms with Crippen LogP contribution in [0.3, 0.4) is 0 Å². The summed E-state index contributed by atoms with van der Waals surface area (Å²) >= 11 is 5.99. The molecule has 1 N–H and O–H groups in total. The molecule has 1 aromatic rings. The minimum Gasteiger partial charge on any atom is -0.351 e. The van der Waals surface area contributed by atoms with Gasteiger partial charge in [-0.2, -0.15) is 0 Å².